The van der Waals surface area contributed by atoms with E-state index in [-0.39, 0.29) is 12.2 Å². The second-order valence-electron chi connectivity index (χ2n) is 10.1. The first-order chi connectivity index (χ1) is 13.6. The fourth-order valence-electron chi connectivity index (χ4n) is 6.79. The van der Waals surface area contributed by atoms with Crippen molar-refractivity contribution in [2.24, 2.45) is 23.2 Å². The third-order valence-electron chi connectivity index (χ3n) is 8.36. The maximum absolute atomic E-state index is 13.3. The molecule has 1 aromatic rings. The first-order valence-electron chi connectivity index (χ1n) is 11.7. The van der Waals surface area contributed by atoms with Crippen LogP contribution in [0.3, 0.4) is 0 Å². The normalized spacial score (nSPS) is 34.4. The second-order valence-corrected chi connectivity index (χ2v) is 10.1. The van der Waals surface area contributed by atoms with Crippen molar-refractivity contribution >= 4 is 11.8 Å². The van der Waals surface area contributed by atoms with E-state index in [0.29, 0.717) is 11.3 Å². The summed E-state index contributed by atoms with van der Waals surface area (Å²) in [6.07, 6.45) is 14.2. The lowest BCUT2D eigenvalue weighted by atomic mass is 9.68. The third kappa shape index (κ3) is 3.46. The molecular weight excluding hydrogens is 346 g/mol. The first-order valence-corrected chi connectivity index (χ1v) is 11.7. The molecule has 4 fully saturated rings. The van der Waals surface area contributed by atoms with Crippen molar-refractivity contribution in [2.75, 3.05) is 11.4 Å². The van der Waals surface area contributed by atoms with Gasteiger partial charge in [0.05, 0.1) is 0 Å². The van der Waals surface area contributed by atoms with E-state index >= 15 is 0 Å². The first kappa shape index (κ1) is 18.5. The highest BCUT2D eigenvalue weighted by atomic mass is 16.6. The lowest BCUT2D eigenvalue weighted by Crippen LogP contribution is -2.41. The fourth-order valence-corrected chi connectivity index (χ4v) is 6.79. The SMILES string of the molecule is Cc1cccc(N(CC2CCCC2)C(=O)O[C@H]2CCC3CCCC4CC34C2)c1. The van der Waals surface area contributed by atoms with Crippen LogP contribution in [0.1, 0.15) is 76.2 Å². The molecule has 0 heterocycles. The molecule has 0 radical (unpaired) electrons. The van der Waals surface area contributed by atoms with Crippen molar-refractivity contribution < 1.29 is 9.53 Å². The van der Waals surface area contributed by atoms with Crippen LogP contribution in [0.25, 0.3) is 0 Å². The Morgan fingerprint density at radius 2 is 1.86 bits per heavy atom. The van der Waals surface area contributed by atoms with Gasteiger partial charge in [-0.05, 0) is 99.2 Å². The molecule has 0 bridgehead atoms. The number of aryl methyl sites for hydroxylation is 1. The Kier molecular flexibility index (Phi) is 4.88. The van der Waals surface area contributed by atoms with Crippen molar-refractivity contribution in [3.05, 3.63) is 29.8 Å². The average Bonchev–Trinajstić information content (AvgIpc) is 3.15. The lowest BCUT2D eigenvalue weighted by Gasteiger charge is -2.40. The van der Waals surface area contributed by atoms with Gasteiger partial charge in [-0.2, -0.15) is 0 Å². The van der Waals surface area contributed by atoms with Crippen LogP contribution >= 0.6 is 0 Å². The van der Waals surface area contributed by atoms with Crippen molar-refractivity contribution in [1.82, 2.24) is 0 Å². The van der Waals surface area contributed by atoms with Crippen LogP contribution < -0.4 is 4.90 Å². The van der Waals surface area contributed by atoms with Gasteiger partial charge >= 0.3 is 6.09 Å². The highest BCUT2D eigenvalue weighted by molar-refractivity contribution is 5.87. The Morgan fingerprint density at radius 1 is 1.04 bits per heavy atom. The van der Waals surface area contributed by atoms with Crippen molar-refractivity contribution in [3.63, 3.8) is 0 Å². The van der Waals surface area contributed by atoms with Gasteiger partial charge in [-0.1, -0.05) is 31.4 Å². The monoisotopic (exact) mass is 381 g/mol. The summed E-state index contributed by atoms with van der Waals surface area (Å²) < 4.78 is 6.19. The predicted molar refractivity (Wildman–Crippen MR) is 112 cm³/mol. The molecule has 28 heavy (non-hydrogen) atoms. The summed E-state index contributed by atoms with van der Waals surface area (Å²) in [4.78, 5) is 15.2. The maximum atomic E-state index is 13.3. The number of nitrogens with zero attached hydrogens (tertiary/aromatic N) is 1. The van der Waals surface area contributed by atoms with Crippen molar-refractivity contribution in [3.8, 4) is 0 Å². The smallest absolute Gasteiger partial charge is 0.414 e. The van der Waals surface area contributed by atoms with Gasteiger partial charge in [-0.15, -0.1) is 0 Å². The summed E-state index contributed by atoms with van der Waals surface area (Å²) in [5, 5.41) is 0. The topological polar surface area (TPSA) is 29.5 Å². The molecule has 1 aromatic carbocycles. The standard InChI is InChI=1S/C25H35NO2/c1-18-6-4-11-22(14-18)26(17-19-7-2-3-8-19)24(27)28-23-13-12-20-9-5-10-21-15-25(20,21)16-23/h4,6,11,14,19-21,23H,2-3,5,7-10,12-13,15-17H2,1H3/t20?,21?,23-,25?/m0/s1. The molecular formula is C25H35NO2. The molecule has 4 saturated carbocycles. The van der Waals surface area contributed by atoms with Crippen molar-refractivity contribution in [2.45, 2.75) is 83.7 Å². The Labute approximate surface area is 169 Å². The number of carbonyl (C=O) groups excluding carboxylic acids is 1. The molecule has 4 aliphatic rings. The molecule has 0 saturated heterocycles. The number of hydrogen-bond donors (Lipinski definition) is 0. The molecule has 1 amide bonds. The Morgan fingerprint density at radius 3 is 2.68 bits per heavy atom. The van der Waals surface area contributed by atoms with Gasteiger partial charge in [-0.3, -0.25) is 4.90 Å². The van der Waals surface area contributed by atoms with Gasteiger partial charge in [-0.25, -0.2) is 4.79 Å². The number of anilines is 1. The molecule has 3 unspecified atom stereocenters. The lowest BCUT2D eigenvalue weighted by molar-refractivity contribution is 0.0189. The number of amides is 1. The minimum atomic E-state index is -0.106. The van der Waals surface area contributed by atoms with Gasteiger partial charge in [0.15, 0.2) is 0 Å². The number of ether oxygens (including phenoxy) is 1. The van der Waals surface area contributed by atoms with Crippen LogP contribution in [-0.2, 0) is 4.74 Å². The van der Waals surface area contributed by atoms with E-state index < -0.39 is 0 Å². The largest absolute Gasteiger partial charge is 0.446 e. The summed E-state index contributed by atoms with van der Waals surface area (Å²) in [6.45, 7) is 2.91. The summed E-state index contributed by atoms with van der Waals surface area (Å²) in [6, 6.07) is 8.35. The zero-order valence-electron chi connectivity index (χ0n) is 17.4. The number of rotatable bonds is 4. The van der Waals surface area contributed by atoms with Gasteiger partial charge in [0, 0.05) is 12.2 Å². The highest BCUT2D eigenvalue weighted by Gasteiger charge is 2.62. The second kappa shape index (κ2) is 7.39. The molecule has 4 atom stereocenters. The Balaban J connectivity index is 1.29. The average molecular weight is 382 g/mol. The molecule has 0 aromatic heterocycles. The summed E-state index contributed by atoms with van der Waals surface area (Å²) in [5.74, 6) is 2.46. The third-order valence-corrected chi connectivity index (χ3v) is 8.36. The molecule has 1 spiro atoms. The van der Waals surface area contributed by atoms with Crippen molar-refractivity contribution in [1.29, 1.82) is 0 Å². The van der Waals surface area contributed by atoms with E-state index in [9.17, 15) is 4.79 Å². The van der Waals surface area contributed by atoms with Crippen LogP contribution in [-0.4, -0.2) is 18.7 Å². The molecule has 5 rings (SSSR count). The van der Waals surface area contributed by atoms with Gasteiger partial charge in [0.25, 0.3) is 0 Å². The molecule has 0 N–H and O–H groups in total. The minimum Gasteiger partial charge on any atom is -0.446 e. The molecule has 152 valence electrons. The summed E-state index contributed by atoms with van der Waals surface area (Å²) in [7, 11) is 0. The van der Waals surface area contributed by atoms with Crippen LogP contribution in [0.5, 0.6) is 0 Å². The highest BCUT2D eigenvalue weighted by Crippen LogP contribution is 2.69. The molecule has 3 heteroatoms. The zero-order valence-corrected chi connectivity index (χ0v) is 17.4. The Bertz CT molecular complexity index is 725. The van der Waals surface area contributed by atoms with Crippen LogP contribution in [0.4, 0.5) is 10.5 Å². The summed E-state index contributed by atoms with van der Waals surface area (Å²) >= 11 is 0. The van der Waals surface area contributed by atoms with Gasteiger partial charge in [0.1, 0.15) is 6.10 Å². The maximum Gasteiger partial charge on any atom is 0.414 e. The van der Waals surface area contributed by atoms with E-state index in [0.717, 1.165) is 36.9 Å². The van der Waals surface area contributed by atoms with E-state index in [2.05, 4.69) is 31.2 Å². The van der Waals surface area contributed by atoms with Crippen LogP contribution in [0.2, 0.25) is 0 Å². The van der Waals surface area contributed by atoms with E-state index in [4.69, 9.17) is 4.74 Å². The van der Waals surface area contributed by atoms with E-state index in [1.807, 2.05) is 4.90 Å². The van der Waals surface area contributed by atoms with E-state index in [1.165, 1.54) is 63.4 Å². The fraction of sp³-hybridized carbons (Fsp3) is 0.720. The molecule has 0 aliphatic heterocycles. The van der Waals surface area contributed by atoms with Crippen LogP contribution in [0.15, 0.2) is 24.3 Å². The summed E-state index contributed by atoms with van der Waals surface area (Å²) in [5.41, 5.74) is 2.75. The number of carbonyl (C=O) groups is 1. The van der Waals surface area contributed by atoms with Gasteiger partial charge in [0.2, 0.25) is 0 Å². The molecule has 3 nitrogen and oxygen atoms in total. The minimum absolute atomic E-state index is 0.106. The predicted octanol–water partition coefficient (Wildman–Crippen LogP) is 6.49. The van der Waals surface area contributed by atoms with Gasteiger partial charge < -0.3 is 4.74 Å². The molecule has 4 aliphatic carbocycles. The quantitative estimate of drug-likeness (QED) is 0.597. The Hall–Kier alpha value is -1.51. The van der Waals surface area contributed by atoms with E-state index in [1.54, 1.807) is 0 Å². The number of hydrogen-bond acceptors (Lipinski definition) is 2. The van der Waals surface area contributed by atoms with Crippen LogP contribution in [0, 0.1) is 30.1 Å². The zero-order chi connectivity index (χ0) is 19.1. The number of benzene rings is 1.